The van der Waals surface area contributed by atoms with Gasteiger partial charge in [0.15, 0.2) is 9.84 Å². The molecule has 0 bridgehead atoms. The SMILES string of the molecule is CS(=O)(=O)Cc1ccc(C(=O)N(CCO)C2CC2)cc1. The molecule has 110 valence electrons. The number of aliphatic hydroxyl groups excluding tert-OH is 1. The van der Waals surface area contributed by atoms with Crippen molar-refractivity contribution < 1.29 is 18.3 Å². The summed E-state index contributed by atoms with van der Waals surface area (Å²) in [5, 5.41) is 9.02. The molecule has 1 N–H and O–H groups in total. The lowest BCUT2D eigenvalue weighted by Gasteiger charge is -2.21. The van der Waals surface area contributed by atoms with Crippen LogP contribution in [0.4, 0.5) is 0 Å². The summed E-state index contributed by atoms with van der Waals surface area (Å²) in [4.78, 5) is 14.0. The summed E-state index contributed by atoms with van der Waals surface area (Å²) in [6, 6.07) is 6.87. The fourth-order valence-electron chi connectivity index (χ4n) is 2.16. The monoisotopic (exact) mass is 297 g/mol. The van der Waals surface area contributed by atoms with Crippen molar-refractivity contribution in [2.45, 2.75) is 24.6 Å². The number of carbonyl (C=O) groups is 1. The molecule has 0 saturated heterocycles. The molecule has 20 heavy (non-hydrogen) atoms. The summed E-state index contributed by atoms with van der Waals surface area (Å²) in [6.07, 6.45) is 3.15. The van der Waals surface area contributed by atoms with E-state index in [4.69, 9.17) is 5.11 Å². The van der Waals surface area contributed by atoms with Gasteiger partial charge in [0.1, 0.15) is 0 Å². The maximum Gasteiger partial charge on any atom is 0.254 e. The lowest BCUT2D eigenvalue weighted by Crippen LogP contribution is -2.35. The zero-order valence-corrected chi connectivity index (χ0v) is 12.3. The third-order valence-corrected chi connectivity index (χ3v) is 4.08. The number of amides is 1. The van der Waals surface area contributed by atoms with Gasteiger partial charge in [-0.05, 0) is 30.5 Å². The summed E-state index contributed by atoms with van der Waals surface area (Å²) in [5.41, 5.74) is 1.20. The largest absolute Gasteiger partial charge is 0.395 e. The van der Waals surface area contributed by atoms with E-state index < -0.39 is 9.84 Å². The van der Waals surface area contributed by atoms with E-state index in [9.17, 15) is 13.2 Å². The van der Waals surface area contributed by atoms with Crippen LogP contribution in [0.5, 0.6) is 0 Å². The van der Waals surface area contributed by atoms with Gasteiger partial charge in [0, 0.05) is 24.4 Å². The van der Waals surface area contributed by atoms with E-state index in [2.05, 4.69) is 0 Å². The smallest absolute Gasteiger partial charge is 0.254 e. The first-order valence-corrected chi connectivity index (χ1v) is 8.65. The fraction of sp³-hybridized carbons (Fsp3) is 0.500. The summed E-state index contributed by atoms with van der Waals surface area (Å²) in [5.74, 6) is -0.128. The average molecular weight is 297 g/mol. The second-order valence-corrected chi connectivity index (χ2v) is 7.36. The molecule has 1 aromatic rings. The van der Waals surface area contributed by atoms with E-state index in [0.29, 0.717) is 17.7 Å². The maximum absolute atomic E-state index is 12.3. The molecule has 1 fully saturated rings. The van der Waals surface area contributed by atoms with Crippen molar-refractivity contribution >= 4 is 15.7 Å². The summed E-state index contributed by atoms with van der Waals surface area (Å²) < 4.78 is 22.4. The predicted octanol–water partition coefficient (Wildman–Crippen LogP) is 0.828. The highest BCUT2D eigenvalue weighted by Crippen LogP contribution is 2.28. The molecule has 0 unspecified atom stereocenters. The van der Waals surface area contributed by atoms with Crippen molar-refractivity contribution in [2.75, 3.05) is 19.4 Å². The minimum atomic E-state index is -3.07. The number of sulfone groups is 1. The van der Waals surface area contributed by atoms with Crippen LogP contribution in [0.3, 0.4) is 0 Å². The Balaban J connectivity index is 2.10. The van der Waals surface area contributed by atoms with Crippen LogP contribution in [0.25, 0.3) is 0 Å². The zero-order chi connectivity index (χ0) is 14.8. The van der Waals surface area contributed by atoms with E-state index in [1.54, 1.807) is 29.2 Å². The number of carbonyl (C=O) groups excluding carboxylic acids is 1. The molecule has 1 saturated carbocycles. The van der Waals surface area contributed by atoms with Gasteiger partial charge in [-0.1, -0.05) is 12.1 Å². The number of benzene rings is 1. The van der Waals surface area contributed by atoms with Gasteiger partial charge in [0.05, 0.1) is 12.4 Å². The third-order valence-electron chi connectivity index (χ3n) is 3.22. The average Bonchev–Trinajstić information content (AvgIpc) is 3.18. The van der Waals surface area contributed by atoms with Crippen molar-refractivity contribution in [1.29, 1.82) is 0 Å². The maximum atomic E-state index is 12.3. The molecule has 1 aliphatic rings. The van der Waals surface area contributed by atoms with Crippen LogP contribution >= 0.6 is 0 Å². The number of hydrogen-bond acceptors (Lipinski definition) is 4. The molecule has 0 atom stereocenters. The highest BCUT2D eigenvalue weighted by molar-refractivity contribution is 7.89. The van der Waals surface area contributed by atoms with Crippen LogP contribution in [0, 0.1) is 0 Å². The molecule has 1 aromatic carbocycles. The molecule has 0 heterocycles. The fourth-order valence-corrected chi connectivity index (χ4v) is 2.95. The van der Waals surface area contributed by atoms with Gasteiger partial charge >= 0.3 is 0 Å². The van der Waals surface area contributed by atoms with Gasteiger partial charge in [-0.2, -0.15) is 0 Å². The third kappa shape index (κ3) is 4.05. The van der Waals surface area contributed by atoms with Crippen molar-refractivity contribution in [3.63, 3.8) is 0 Å². The van der Waals surface area contributed by atoms with Crippen molar-refractivity contribution in [2.24, 2.45) is 0 Å². The molecule has 0 aromatic heterocycles. The Bertz CT molecular complexity index is 576. The zero-order valence-electron chi connectivity index (χ0n) is 11.4. The van der Waals surface area contributed by atoms with E-state index >= 15 is 0 Å². The van der Waals surface area contributed by atoms with Gasteiger partial charge in [-0.3, -0.25) is 4.79 Å². The number of aliphatic hydroxyl groups is 1. The van der Waals surface area contributed by atoms with Crippen LogP contribution in [0.2, 0.25) is 0 Å². The highest BCUT2D eigenvalue weighted by Gasteiger charge is 2.32. The lowest BCUT2D eigenvalue weighted by atomic mass is 10.1. The first-order valence-electron chi connectivity index (χ1n) is 6.59. The molecule has 2 rings (SSSR count). The standard InChI is InChI=1S/C14H19NO4S/c1-20(18,19)10-11-2-4-12(5-3-11)14(17)15(8-9-16)13-6-7-13/h2-5,13,16H,6-10H2,1H3. The minimum Gasteiger partial charge on any atom is -0.395 e. The Morgan fingerprint density at radius 2 is 1.90 bits per heavy atom. The number of nitrogens with zero attached hydrogens (tertiary/aromatic N) is 1. The van der Waals surface area contributed by atoms with Gasteiger partial charge in [-0.15, -0.1) is 0 Å². The van der Waals surface area contributed by atoms with E-state index in [1.807, 2.05) is 0 Å². The molecule has 0 aliphatic heterocycles. The van der Waals surface area contributed by atoms with Crippen molar-refractivity contribution in [3.8, 4) is 0 Å². The molecular weight excluding hydrogens is 278 g/mol. The summed E-state index contributed by atoms with van der Waals surface area (Å²) in [6.45, 7) is 0.295. The highest BCUT2D eigenvalue weighted by atomic mass is 32.2. The molecule has 6 heteroatoms. The Morgan fingerprint density at radius 1 is 1.30 bits per heavy atom. The number of hydrogen-bond donors (Lipinski definition) is 1. The Labute approximate surface area is 119 Å². The lowest BCUT2D eigenvalue weighted by molar-refractivity contribution is 0.0707. The van der Waals surface area contributed by atoms with Gasteiger partial charge in [-0.25, -0.2) is 8.42 Å². The Morgan fingerprint density at radius 3 is 2.35 bits per heavy atom. The molecule has 0 radical (unpaired) electrons. The van der Waals surface area contributed by atoms with Crippen LogP contribution in [-0.4, -0.2) is 49.8 Å². The second-order valence-electron chi connectivity index (χ2n) is 5.22. The summed E-state index contributed by atoms with van der Waals surface area (Å²) >= 11 is 0. The minimum absolute atomic E-state index is 0.0234. The van der Waals surface area contributed by atoms with Crippen LogP contribution in [0.15, 0.2) is 24.3 Å². The quantitative estimate of drug-likeness (QED) is 0.844. The number of rotatable bonds is 6. The molecule has 1 amide bonds. The van der Waals surface area contributed by atoms with Crippen LogP contribution < -0.4 is 0 Å². The second kappa shape index (κ2) is 5.93. The molecule has 5 nitrogen and oxygen atoms in total. The first-order chi connectivity index (χ1) is 9.40. The van der Waals surface area contributed by atoms with Gasteiger partial charge in [0.2, 0.25) is 0 Å². The normalized spacial score (nSPS) is 15.1. The Kier molecular flexibility index (Phi) is 4.45. The molecular formula is C14H19NO4S. The van der Waals surface area contributed by atoms with E-state index in [1.165, 1.54) is 6.26 Å². The van der Waals surface area contributed by atoms with Crippen molar-refractivity contribution in [1.82, 2.24) is 4.90 Å². The van der Waals surface area contributed by atoms with Gasteiger partial charge in [0.25, 0.3) is 5.91 Å². The van der Waals surface area contributed by atoms with Crippen LogP contribution in [0.1, 0.15) is 28.8 Å². The predicted molar refractivity (Wildman–Crippen MR) is 76.1 cm³/mol. The Hall–Kier alpha value is -1.40. The topological polar surface area (TPSA) is 74.7 Å². The van der Waals surface area contributed by atoms with Crippen LogP contribution in [-0.2, 0) is 15.6 Å². The summed E-state index contributed by atoms with van der Waals surface area (Å²) in [7, 11) is -3.07. The molecule has 1 aliphatic carbocycles. The van der Waals surface area contributed by atoms with Crippen molar-refractivity contribution in [3.05, 3.63) is 35.4 Å². The van der Waals surface area contributed by atoms with E-state index in [-0.39, 0.29) is 24.3 Å². The van der Waals surface area contributed by atoms with E-state index in [0.717, 1.165) is 12.8 Å². The first kappa shape index (κ1) is 15.0. The van der Waals surface area contributed by atoms with Gasteiger partial charge < -0.3 is 10.0 Å². The molecule has 0 spiro atoms.